The van der Waals surface area contributed by atoms with E-state index in [1.807, 2.05) is 37.3 Å². The minimum atomic E-state index is -0.401. The molecule has 1 N–H and O–H groups in total. The molecule has 8 heteroatoms. The van der Waals surface area contributed by atoms with Crippen molar-refractivity contribution in [3.05, 3.63) is 60.2 Å². The van der Waals surface area contributed by atoms with Gasteiger partial charge in [-0.15, -0.1) is 10.2 Å². The highest BCUT2D eigenvalue weighted by Gasteiger charge is 2.23. The van der Waals surface area contributed by atoms with Gasteiger partial charge in [0.25, 0.3) is 5.89 Å². The van der Waals surface area contributed by atoms with Crippen molar-refractivity contribution in [1.82, 2.24) is 20.4 Å². The number of nitrogens with one attached hydrogen (secondary N) is 1. The summed E-state index contributed by atoms with van der Waals surface area (Å²) in [6.45, 7) is 4.17. The predicted molar refractivity (Wildman–Crippen MR) is 105 cm³/mol. The van der Waals surface area contributed by atoms with Crippen molar-refractivity contribution >= 4 is 11.8 Å². The van der Waals surface area contributed by atoms with E-state index in [2.05, 4.69) is 15.5 Å². The van der Waals surface area contributed by atoms with Gasteiger partial charge in [0.15, 0.2) is 5.76 Å². The summed E-state index contributed by atoms with van der Waals surface area (Å²) >= 11 is 0. The first-order chi connectivity index (χ1) is 14.1. The van der Waals surface area contributed by atoms with Crippen molar-refractivity contribution in [2.45, 2.75) is 39.3 Å². The average Bonchev–Trinajstić information content (AvgIpc) is 3.39. The van der Waals surface area contributed by atoms with Crippen LogP contribution < -0.4 is 5.32 Å². The van der Waals surface area contributed by atoms with Crippen molar-refractivity contribution < 1.29 is 18.4 Å². The molecule has 1 atom stereocenters. The van der Waals surface area contributed by atoms with E-state index in [1.165, 1.54) is 13.2 Å². The molecule has 2 heterocycles. The summed E-state index contributed by atoms with van der Waals surface area (Å²) in [4.78, 5) is 26.3. The highest BCUT2D eigenvalue weighted by molar-refractivity contribution is 5.79. The van der Waals surface area contributed by atoms with Gasteiger partial charge >= 0.3 is 0 Å². The standard InChI is InChI=1S/C21H24N4O4/c1-3-11-25(14-19-23-24-21(29-19)18-10-7-12-28-18)20(27)13-17(22-15(2)26)16-8-5-4-6-9-16/h4-10,12,17H,3,11,13-14H2,1-2H3,(H,22,26)/t17-/m0/s1. The Hall–Kier alpha value is -3.42. The summed E-state index contributed by atoms with van der Waals surface area (Å²) < 4.78 is 10.9. The molecule has 0 unspecified atom stereocenters. The summed E-state index contributed by atoms with van der Waals surface area (Å²) in [5.41, 5.74) is 0.880. The number of amides is 2. The van der Waals surface area contributed by atoms with Crippen LogP contribution in [0, 0.1) is 0 Å². The summed E-state index contributed by atoms with van der Waals surface area (Å²) in [6, 6.07) is 12.5. The molecule has 8 nitrogen and oxygen atoms in total. The number of nitrogens with zero attached hydrogens (tertiary/aromatic N) is 3. The molecule has 0 spiro atoms. The number of aromatic nitrogens is 2. The molecule has 1 aromatic carbocycles. The maximum Gasteiger partial charge on any atom is 0.283 e. The number of carbonyl (C=O) groups excluding carboxylic acids is 2. The van der Waals surface area contributed by atoms with Gasteiger partial charge in [0.2, 0.25) is 17.7 Å². The maximum absolute atomic E-state index is 13.0. The van der Waals surface area contributed by atoms with Gasteiger partial charge in [0.05, 0.1) is 25.3 Å². The van der Waals surface area contributed by atoms with E-state index in [-0.39, 0.29) is 30.7 Å². The Morgan fingerprint density at radius 3 is 2.59 bits per heavy atom. The zero-order valence-corrected chi connectivity index (χ0v) is 16.5. The highest BCUT2D eigenvalue weighted by atomic mass is 16.4. The second-order valence-electron chi connectivity index (χ2n) is 6.66. The van der Waals surface area contributed by atoms with Crippen LogP contribution in [0.1, 0.15) is 44.2 Å². The zero-order chi connectivity index (χ0) is 20.6. The molecule has 0 fully saturated rings. The fraction of sp³-hybridized carbons (Fsp3) is 0.333. The average molecular weight is 396 g/mol. The van der Waals surface area contributed by atoms with E-state index in [0.29, 0.717) is 18.2 Å². The molecule has 2 amide bonds. The van der Waals surface area contributed by atoms with Gasteiger partial charge in [-0.25, -0.2) is 0 Å². The molecule has 0 saturated heterocycles. The molecule has 152 valence electrons. The predicted octanol–water partition coefficient (Wildman–Crippen LogP) is 3.34. The van der Waals surface area contributed by atoms with Crippen molar-refractivity contribution in [1.29, 1.82) is 0 Å². The van der Waals surface area contributed by atoms with Gasteiger partial charge < -0.3 is 19.1 Å². The van der Waals surface area contributed by atoms with Crippen LogP contribution >= 0.6 is 0 Å². The largest absolute Gasteiger partial charge is 0.459 e. The summed E-state index contributed by atoms with van der Waals surface area (Å²) in [7, 11) is 0. The fourth-order valence-corrected chi connectivity index (χ4v) is 3.03. The quantitative estimate of drug-likeness (QED) is 0.595. The lowest BCUT2D eigenvalue weighted by Gasteiger charge is -2.24. The molecule has 0 aliphatic carbocycles. The van der Waals surface area contributed by atoms with Crippen LogP contribution in [0.4, 0.5) is 0 Å². The highest BCUT2D eigenvalue weighted by Crippen LogP contribution is 2.21. The lowest BCUT2D eigenvalue weighted by Crippen LogP contribution is -2.36. The Morgan fingerprint density at radius 1 is 1.14 bits per heavy atom. The molecule has 2 aromatic heterocycles. The Morgan fingerprint density at radius 2 is 1.93 bits per heavy atom. The van der Waals surface area contributed by atoms with Crippen LogP contribution in [0.3, 0.4) is 0 Å². The van der Waals surface area contributed by atoms with Crippen LogP contribution in [0.2, 0.25) is 0 Å². The fourth-order valence-electron chi connectivity index (χ4n) is 3.03. The number of benzene rings is 1. The number of carbonyl (C=O) groups is 2. The van der Waals surface area contributed by atoms with Crippen molar-refractivity contribution in [2.75, 3.05) is 6.54 Å². The summed E-state index contributed by atoms with van der Waals surface area (Å²) in [6.07, 6.45) is 2.45. The number of hydrogen-bond acceptors (Lipinski definition) is 6. The molecule has 0 aliphatic rings. The van der Waals surface area contributed by atoms with Gasteiger partial charge in [0, 0.05) is 13.5 Å². The molecule has 3 rings (SSSR count). The van der Waals surface area contributed by atoms with Crippen molar-refractivity contribution in [2.24, 2.45) is 0 Å². The molecular formula is C21H24N4O4. The Bertz CT molecular complexity index is 921. The molecule has 29 heavy (non-hydrogen) atoms. The Balaban J connectivity index is 1.71. The third kappa shape index (κ3) is 5.54. The van der Waals surface area contributed by atoms with Crippen LogP contribution in [-0.4, -0.2) is 33.5 Å². The third-order valence-electron chi connectivity index (χ3n) is 4.33. The minimum Gasteiger partial charge on any atom is -0.459 e. The van der Waals surface area contributed by atoms with E-state index >= 15 is 0 Å². The summed E-state index contributed by atoms with van der Waals surface area (Å²) in [5.74, 6) is 0.788. The van der Waals surface area contributed by atoms with Crippen molar-refractivity contribution in [3.63, 3.8) is 0 Å². The second-order valence-corrected chi connectivity index (χ2v) is 6.66. The van der Waals surface area contributed by atoms with E-state index in [0.717, 1.165) is 12.0 Å². The topological polar surface area (TPSA) is 101 Å². The van der Waals surface area contributed by atoms with Crippen LogP contribution in [0.15, 0.2) is 57.6 Å². The van der Waals surface area contributed by atoms with Gasteiger partial charge in [-0.3, -0.25) is 9.59 Å². The normalized spacial score (nSPS) is 11.8. The van der Waals surface area contributed by atoms with Crippen molar-refractivity contribution in [3.8, 4) is 11.7 Å². The van der Waals surface area contributed by atoms with E-state index < -0.39 is 6.04 Å². The number of furan rings is 1. The van der Waals surface area contributed by atoms with E-state index in [9.17, 15) is 9.59 Å². The monoisotopic (exact) mass is 396 g/mol. The molecule has 3 aromatic rings. The Kier molecular flexibility index (Phi) is 6.78. The molecular weight excluding hydrogens is 372 g/mol. The smallest absolute Gasteiger partial charge is 0.283 e. The van der Waals surface area contributed by atoms with Gasteiger partial charge in [-0.05, 0) is 24.1 Å². The summed E-state index contributed by atoms with van der Waals surface area (Å²) in [5, 5.41) is 10.9. The maximum atomic E-state index is 13.0. The van der Waals surface area contributed by atoms with Gasteiger partial charge in [0.1, 0.15) is 0 Å². The van der Waals surface area contributed by atoms with Crippen LogP contribution in [0.25, 0.3) is 11.7 Å². The number of rotatable bonds is 9. The third-order valence-corrected chi connectivity index (χ3v) is 4.33. The van der Waals surface area contributed by atoms with Crippen LogP contribution in [0.5, 0.6) is 0 Å². The number of hydrogen-bond donors (Lipinski definition) is 1. The molecule has 0 radical (unpaired) electrons. The lowest BCUT2D eigenvalue weighted by molar-refractivity contribution is -0.133. The van der Waals surface area contributed by atoms with E-state index in [1.54, 1.807) is 17.0 Å². The second kappa shape index (κ2) is 9.68. The Labute approximate surface area is 168 Å². The first kappa shape index (κ1) is 20.3. The minimum absolute atomic E-state index is 0.104. The SMILES string of the molecule is CCCN(Cc1nnc(-c2ccco2)o1)C(=O)C[C@H](NC(C)=O)c1ccccc1. The lowest BCUT2D eigenvalue weighted by atomic mass is 10.0. The van der Waals surface area contributed by atoms with E-state index in [4.69, 9.17) is 8.83 Å². The first-order valence-electron chi connectivity index (χ1n) is 9.53. The molecule has 0 aliphatic heterocycles. The zero-order valence-electron chi connectivity index (χ0n) is 16.5. The van der Waals surface area contributed by atoms with Gasteiger partial charge in [-0.2, -0.15) is 0 Å². The first-order valence-corrected chi connectivity index (χ1v) is 9.53. The van der Waals surface area contributed by atoms with Crippen LogP contribution in [-0.2, 0) is 16.1 Å². The van der Waals surface area contributed by atoms with Gasteiger partial charge in [-0.1, -0.05) is 37.3 Å². The molecule has 0 saturated carbocycles. The molecule has 0 bridgehead atoms.